The molecule has 2 saturated carbocycles. The van der Waals surface area contributed by atoms with E-state index in [4.69, 9.17) is 5.11 Å². The third-order valence-electron chi connectivity index (χ3n) is 6.32. The van der Waals surface area contributed by atoms with E-state index in [9.17, 15) is 4.79 Å². The van der Waals surface area contributed by atoms with Crippen LogP contribution in [-0.2, 0) is 4.79 Å². The minimum Gasteiger partial charge on any atom is -0.396 e. The highest BCUT2D eigenvalue weighted by Gasteiger charge is 2.19. The number of allylic oxidation sites excluding steroid dienone is 5. The van der Waals surface area contributed by atoms with E-state index in [1.807, 2.05) is 40.8 Å². The largest absolute Gasteiger partial charge is 0.396 e. The molecule has 0 aromatic heterocycles. The predicted octanol–water partition coefficient (Wildman–Crippen LogP) is 12.3. The molecule has 0 radical (unpaired) electrons. The Morgan fingerprint density at radius 3 is 1.84 bits per heavy atom. The van der Waals surface area contributed by atoms with Crippen molar-refractivity contribution >= 4 is 17.4 Å². The Balaban J connectivity index is -0.000000264. The third-order valence-corrected chi connectivity index (χ3v) is 6.32. The van der Waals surface area contributed by atoms with Crippen LogP contribution in [0, 0.1) is 18.3 Å². The number of carbonyl (C=O) groups is 1. The fraction of sp³-hybridized carbons (Fsp3) is 0.619. The summed E-state index contributed by atoms with van der Waals surface area (Å²) in [6.07, 6.45) is 17.7. The Labute approximate surface area is 282 Å². The van der Waals surface area contributed by atoms with E-state index in [2.05, 4.69) is 96.1 Å². The molecule has 2 aliphatic rings. The zero-order chi connectivity index (χ0) is 34.7. The molecular formula is C42H75NO2. The van der Waals surface area contributed by atoms with E-state index in [0.717, 1.165) is 23.1 Å². The normalized spacial score (nSPS) is 13.4. The highest BCUT2D eigenvalue weighted by molar-refractivity contribution is 5.78. The second-order valence-electron chi connectivity index (χ2n) is 13.3. The number of aliphatic hydroxyl groups is 1. The maximum atomic E-state index is 9.44. The zero-order valence-corrected chi connectivity index (χ0v) is 31.3. The number of ketones is 1. The van der Waals surface area contributed by atoms with Gasteiger partial charge in [0.1, 0.15) is 5.78 Å². The first kappa shape index (κ1) is 49.4. The molecule has 0 atom stereocenters. The molecule has 2 aliphatic carbocycles. The van der Waals surface area contributed by atoms with Crippen LogP contribution in [0.4, 0.5) is 0 Å². The van der Waals surface area contributed by atoms with Gasteiger partial charge >= 0.3 is 0 Å². The minimum atomic E-state index is 0. The number of aryl methyl sites for hydroxylation is 1. The van der Waals surface area contributed by atoms with Crippen LogP contribution < -0.4 is 5.32 Å². The molecule has 0 saturated heterocycles. The summed E-state index contributed by atoms with van der Waals surface area (Å²) in [4.78, 5) is 9.44. The summed E-state index contributed by atoms with van der Waals surface area (Å²) >= 11 is 0. The van der Waals surface area contributed by atoms with Crippen LogP contribution in [-0.4, -0.2) is 30.6 Å². The van der Waals surface area contributed by atoms with E-state index in [1.54, 1.807) is 0 Å². The van der Waals surface area contributed by atoms with Crippen molar-refractivity contribution in [2.45, 2.75) is 148 Å². The number of aliphatic hydroxyl groups excluding tert-OH is 1. The monoisotopic (exact) mass is 626 g/mol. The molecule has 3 rings (SSSR count). The van der Waals surface area contributed by atoms with Crippen molar-refractivity contribution in [2.75, 3.05) is 13.7 Å². The van der Waals surface area contributed by atoms with E-state index < -0.39 is 0 Å². The van der Waals surface area contributed by atoms with Gasteiger partial charge in [0, 0.05) is 12.6 Å². The number of hydrogen-bond donors (Lipinski definition) is 2. The lowest BCUT2D eigenvalue weighted by Gasteiger charge is -2.11. The second-order valence-corrected chi connectivity index (χ2v) is 13.3. The lowest BCUT2D eigenvalue weighted by Crippen LogP contribution is -2.09. The van der Waals surface area contributed by atoms with Crippen molar-refractivity contribution in [3.05, 3.63) is 77.1 Å². The maximum Gasteiger partial charge on any atom is 0.126 e. The third kappa shape index (κ3) is 35.9. The Morgan fingerprint density at radius 2 is 1.56 bits per heavy atom. The van der Waals surface area contributed by atoms with Crippen molar-refractivity contribution in [1.82, 2.24) is 5.32 Å². The van der Waals surface area contributed by atoms with Crippen molar-refractivity contribution in [3.8, 4) is 0 Å². The van der Waals surface area contributed by atoms with Crippen LogP contribution in [0.1, 0.15) is 152 Å². The molecular weight excluding hydrogens is 550 g/mol. The summed E-state index contributed by atoms with van der Waals surface area (Å²) in [6, 6.07) is 7.27. The summed E-state index contributed by atoms with van der Waals surface area (Å²) in [7, 11) is 2.01. The fourth-order valence-electron chi connectivity index (χ4n) is 3.10. The lowest BCUT2D eigenvalue weighted by atomic mass is 9.95. The van der Waals surface area contributed by atoms with Crippen LogP contribution >= 0.6 is 0 Å². The van der Waals surface area contributed by atoms with Gasteiger partial charge in [-0.1, -0.05) is 131 Å². The number of hydrogen-bond acceptors (Lipinski definition) is 3. The Morgan fingerprint density at radius 1 is 1.07 bits per heavy atom. The van der Waals surface area contributed by atoms with Gasteiger partial charge in [-0.05, 0) is 113 Å². The van der Waals surface area contributed by atoms with E-state index in [-0.39, 0.29) is 25.2 Å². The van der Waals surface area contributed by atoms with Gasteiger partial charge in [0.25, 0.3) is 0 Å². The molecule has 45 heavy (non-hydrogen) atoms. The van der Waals surface area contributed by atoms with Crippen molar-refractivity contribution in [1.29, 1.82) is 0 Å². The highest BCUT2D eigenvalue weighted by atomic mass is 16.3. The van der Waals surface area contributed by atoms with Gasteiger partial charge < -0.3 is 15.2 Å². The molecule has 1 aromatic carbocycles. The highest BCUT2D eigenvalue weighted by Crippen LogP contribution is 2.33. The van der Waals surface area contributed by atoms with Gasteiger partial charge in [0.2, 0.25) is 0 Å². The molecule has 0 aliphatic heterocycles. The predicted molar refractivity (Wildman–Crippen MR) is 207 cm³/mol. The van der Waals surface area contributed by atoms with Crippen molar-refractivity contribution in [2.24, 2.45) is 11.3 Å². The number of carbonyl (C=O) groups excluding carboxylic acids is 1. The Kier molecular flexibility index (Phi) is 33.2. The van der Waals surface area contributed by atoms with E-state index >= 15 is 0 Å². The fourth-order valence-corrected chi connectivity index (χ4v) is 3.10. The van der Waals surface area contributed by atoms with Gasteiger partial charge in [0.15, 0.2) is 0 Å². The molecule has 0 bridgehead atoms. The first-order valence-corrected chi connectivity index (χ1v) is 16.8. The number of rotatable bonds is 8. The van der Waals surface area contributed by atoms with Crippen LogP contribution in [0.15, 0.2) is 60.4 Å². The van der Waals surface area contributed by atoms with Crippen molar-refractivity contribution < 1.29 is 9.90 Å². The summed E-state index contributed by atoms with van der Waals surface area (Å²) < 4.78 is 0. The molecule has 1 aromatic rings. The SMILES string of the molecule is C.C=C=Cc1ccc(C)c(C(/C=C(/C)C(=C)C)=C/C)c1.CC(C)(C)CO.CC(C)=O.CCC.CCCCC1CC1.CNC1CC1. The number of nitrogens with one attached hydrogen (secondary N) is 1. The molecule has 2 fully saturated rings. The average molecular weight is 626 g/mol. The summed E-state index contributed by atoms with van der Waals surface area (Å²) in [5, 5.41) is 11.5. The average Bonchev–Trinajstić information content (AvgIpc) is 3.88. The molecule has 0 spiro atoms. The molecule has 0 amide bonds. The standard InChI is InChI=1S/C19H22.C7H14.C5H12O.C4H9N.C3H6O.C3H8.CH4/c1-7-9-17-11-10-15(5)19(13-17)18(8-2)12-16(6)14(3)4;1-2-3-4-7-5-6-7;1-5(2,3)4-6;1-5-4-2-3-4;1-3(2)4;1-3-2;/h8-13H,1,3H2,2,4-6H3;7H,2-6H2,1H3;6H,4H2,1-3H3;4-5H,2-3H2,1H3;1-2H3;3H2,1-2H3;1H4/b16-12-,18-8+;;;;;;. The van der Waals surface area contributed by atoms with Gasteiger partial charge in [-0.2, -0.15) is 0 Å². The summed E-state index contributed by atoms with van der Waals surface area (Å²) in [5.74, 6) is 1.32. The minimum absolute atomic E-state index is 0. The van der Waals surface area contributed by atoms with Crippen LogP contribution in [0.25, 0.3) is 11.6 Å². The quantitative estimate of drug-likeness (QED) is 0.223. The first-order valence-electron chi connectivity index (χ1n) is 16.8. The van der Waals surface area contributed by atoms with Crippen LogP contribution in [0.5, 0.6) is 0 Å². The first-order chi connectivity index (χ1) is 20.6. The number of benzene rings is 1. The topological polar surface area (TPSA) is 49.3 Å². The molecule has 3 nitrogen and oxygen atoms in total. The summed E-state index contributed by atoms with van der Waals surface area (Å²) in [6.45, 7) is 31.7. The zero-order valence-electron chi connectivity index (χ0n) is 31.3. The van der Waals surface area contributed by atoms with Gasteiger partial charge in [0.05, 0.1) is 0 Å². The molecule has 3 heteroatoms. The molecule has 2 N–H and O–H groups in total. The second kappa shape index (κ2) is 30.2. The molecule has 0 heterocycles. The van der Waals surface area contributed by atoms with Gasteiger partial charge in [-0.25, -0.2) is 0 Å². The van der Waals surface area contributed by atoms with Crippen LogP contribution in [0.3, 0.4) is 0 Å². The molecule has 0 unspecified atom stereocenters. The van der Waals surface area contributed by atoms with E-state index in [1.165, 1.54) is 87.5 Å². The smallest absolute Gasteiger partial charge is 0.126 e. The lowest BCUT2D eigenvalue weighted by molar-refractivity contribution is -0.115. The Bertz CT molecular complexity index is 1000. The van der Waals surface area contributed by atoms with Gasteiger partial charge in [-0.3, -0.25) is 0 Å². The summed E-state index contributed by atoms with van der Waals surface area (Å²) in [5.41, 5.74) is 10.1. The molecule has 260 valence electrons. The number of Topliss-reactive ketones (excluding diaryl/α,β-unsaturated/α-hetero) is 1. The Hall–Kier alpha value is -2.45. The number of unbranched alkanes of at least 4 members (excludes halogenated alkanes) is 1. The van der Waals surface area contributed by atoms with E-state index in [0.29, 0.717) is 0 Å². The van der Waals surface area contributed by atoms with Crippen LogP contribution in [0.2, 0.25) is 0 Å². The maximum absolute atomic E-state index is 9.44. The van der Waals surface area contributed by atoms with Crippen molar-refractivity contribution in [3.63, 3.8) is 0 Å². The van der Waals surface area contributed by atoms with Gasteiger partial charge in [-0.15, -0.1) is 5.73 Å².